The summed E-state index contributed by atoms with van der Waals surface area (Å²) in [7, 11) is 2.97. The summed E-state index contributed by atoms with van der Waals surface area (Å²) in [6, 6.07) is 12.8. The van der Waals surface area contributed by atoms with Crippen molar-refractivity contribution in [2.45, 2.75) is 50.6 Å². The number of hydrogen-bond acceptors (Lipinski definition) is 11. The fourth-order valence-electron chi connectivity index (χ4n) is 6.87. The van der Waals surface area contributed by atoms with E-state index >= 15 is 8.78 Å². The Morgan fingerprint density at radius 1 is 0.862 bits per heavy atom. The van der Waals surface area contributed by atoms with Gasteiger partial charge in [-0.05, 0) is 53.8 Å². The highest BCUT2D eigenvalue weighted by molar-refractivity contribution is 6.31. The maximum absolute atomic E-state index is 16.0. The molecule has 1 fully saturated rings. The van der Waals surface area contributed by atoms with Crippen LogP contribution in [0.15, 0.2) is 54.6 Å². The van der Waals surface area contributed by atoms with Crippen molar-refractivity contribution in [3.8, 4) is 11.8 Å². The molecule has 2 N–H and O–H groups in total. The molecule has 12 nitrogen and oxygen atoms in total. The molecule has 0 bridgehead atoms. The second-order valence-electron chi connectivity index (χ2n) is 14.7. The standard InChI is InChI=1S/C42H51Cl2F2N3O9/c1-41(2,3)25-35-42(26-47,30-11-10-28(43)24-32(30)45)36(29-7-6-8-31(44)37(29)46)38(49-35)39(50)48-33-12-9-27(23-34(33)53-5)40(51)58-22-21-57-20-19-56-18-17-55-16-15-54-14-13-52-4/h6-12,23-24,35-36,38,49H,13-22,25H2,1-5H3,(H,48,50)/t35-,36-,38+,42-/m0/s1. The smallest absolute Gasteiger partial charge is 0.338 e. The summed E-state index contributed by atoms with van der Waals surface area (Å²) in [6.07, 6.45) is 0.298. The molecule has 0 saturated carbocycles. The molecule has 1 saturated heterocycles. The van der Waals surface area contributed by atoms with Crippen molar-refractivity contribution >= 4 is 40.8 Å². The molecule has 4 rings (SSSR count). The minimum Gasteiger partial charge on any atom is -0.495 e. The molecule has 0 unspecified atom stereocenters. The van der Waals surface area contributed by atoms with Gasteiger partial charge in [-0.2, -0.15) is 5.26 Å². The van der Waals surface area contributed by atoms with E-state index < -0.39 is 52.3 Å². The van der Waals surface area contributed by atoms with Crippen LogP contribution in [0.4, 0.5) is 14.5 Å². The van der Waals surface area contributed by atoms with Gasteiger partial charge in [-0.25, -0.2) is 13.6 Å². The Labute approximate surface area is 348 Å². The van der Waals surface area contributed by atoms with E-state index in [4.69, 9.17) is 56.4 Å². The van der Waals surface area contributed by atoms with Crippen LogP contribution < -0.4 is 15.4 Å². The second kappa shape index (κ2) is 22.5. The molecule has 0 spiro atoms. The number of nitrogens with one attached hydrogen (secondary N) is 2. The Bertz CT molecular complexity index is 1880. The second-order valence-corrected chi connectivity index (χ2v) is 15.5. The van der Waals surface area contributed by atoms with Crippen molar-refractivity contribution in [1.29, 1.82) is 5.26 Å². The van der Waals surface area contributed by atoms with E-state index in [1.54, 1.807) is 7.11 Å². The summed E-state index contributed by atoms with van der Waals surface area (Å²) < 4.78 is 69.4. The Morgan fingerprint density at radius 3 is 2.05 bits per heavy atom. The largest absolute Gasteiger partial charge is 0.495 e. The van der Waals surface area contributed by atoms with E-state index in [0.29, 0.717) is 59.3 Å². The number of rotatable bonds is 22. The third-order valence-corrected chi connectivity index (χ3v) is 9.96. The van der Waals surface area contributed by atoms with Crippen molar-refractivity contribution in [3.63, 3.8) is 0 Å². The minimum absolute atomic E-state index is 0.0226. The van der Waals surface area contributed by atoms with E-state index in [9.17, 15) is 14.9 Å². The molecular weight excluding hydrogens is 799 g/mol. The lowest BCUT2D eigenvalue weighted by atomic mass is 9.62. The third kappa shape index (κ3) is 12.3. The number of carbonyl (C=O) groups excluding carboxylic acids is 2. The number of esters is 1. The molecule has 316 valence electrons. The van der Waals surface area contributed by atoms with Gasteiger partial charge in [0, 0.05) is 29.7 Å². The third-order valence-electron chi connectivity index (χ3n) is 9.44. The zero-order valence-corrected chi connectivity index (χ0v) is 34.9. The number of benzene rings is 3. The summed E-state index contributed by atoms with van der Waals surface area (Å²) in [6.45, 7) is 9.39. The van der Waals surface area contributed by atoms with Crippen molar-refractivity contribution in [2.24, 2.45) is 5.41 Å². The van der Waals surface area contributed by atoms with Crippen LogP contribution in [-0.2, 0) is 38.6 Å². The molecular formula is C42H51Cl2F2N3O9. The molecule has 1 aliphatic heterocycles. The van der Waals surface area contributed by atoms with Gasteiger partial charge >= 0.3 is 5.97 Å². The van der Waals surface area contributed by atoms with E-state index in [2.05, 4.69) is 16.7 Å². The van der Waals surface area contributed by atoms with E-state index in [1.165, 1.54) is 55.6 Å². The first-order valence-corrected chi connectivity index (χ1v) is 19.6. The van der Waals surface area contributed by atoms with Gasteiger partial charge in [0.25, 0.3) is 0 Å². The average Bonchev–Trinajstić information content (AvgIpc) is 3.50. The van der Waals surface area contributed by atoms with Crippen molar-refractivity contribution in [1.82, 2.24) is 5.32 Å². The molecule has 0 aromatic heterocycles. The highest BCUT2D eigenvalue weighted by Gasteiger charge is 2.61. The first-order chi connectivity index (χ1) is 27.8. The fraction of sp³-hybridized carbons (Fsp3) is 0.500. The van der Waals surface area contributed by atoms with Crippen LogP contribution in [0, 0.1) is 28.4 Å². The lowest BCUT2D eigenvalue weighted by Crippen LogP contribution is -2.45. The van der Waals surface area contributed by atoms with Gasteiger partial charge in [0.2, 0.25) is 5.91 Å². The predicted octanol–water partition coefficient (Wildman–Crippen LogP) is 7.11. The normalized spacial score (nSPS) is 19.1. The first-order valence-electron chi connectivity index (χ1n) is 18.8. The van der Waals surface area contributed by atoms with E-state index in [0.717, 1.165) is 6.07 Å². The number of methoxy groups -OCH3 is 2. The summed E-state index contributed by atoms with van der Waals surface area (Å²) >= 11 is 12.4. The molecule has 1 heterocycles. The first kappa shape index (κ1) is 46.8. The van der Waals surface area contributed by atoms with E-state index in [1.807, 2.05) is 20.8 Å². The number of hydrogen-bond donors (Lipinski definition) is 2. The highest BCUT2D eigenvalue weighted by atomic mass is 35.5. The van der Waals surface area contributed by atoms with Gasteiger partial charge in [-0.1, -0.05) is 62.2 Å². The van der Waals surface area contributed by atoms with E-state index in [-0.39, 0.29) is 51.4 Å². The van der Waals surface area contributed by atoms with Gasteiger partial charge in [0.05, 0.1) is 95.0 Å². The number of nitriles is 1. The van der Waals surface area contributed by atoms with Crippen LogP contribution in [0.1, 0.15) is 54.6 Å². The monoisotopic (exact) mass is 849 g/mol. The van der Waals surface area contributed by atoms with Gasteiger partial charge in [-0.15, -0.1) is 0 Å². The molecule has 1 amide bonds. The predicted molar refractivity (Wildman–Crippen MR) is 215 cm³/mol. The number of anilines is 1. The van der Waals surface area contributed by atoms with Crippen LogP contribution in [0.2, 0.25) is 10.0 Å². The lowest BCUT2D eigenvalue weighted by molar-refractivity contribution is -0.118. The summed E-state index contributed by atoms with van der Waals surface area (Å²) in [5.74, 6) is -4.08. The molecule has 4 atom stereocenters. The summed E-state index contributed by atoms with van der Waals surface area (Å²) in [4.78, 5) is 27.3. The zero-order chi connectivity index (χ0) is 42.3. The Morgan fingerprint density at radius 2 is 1.48 bits per heavy atom. The molecule has 0 aliphatic carbocycles. The molecule has 1 aliphatic rings. The summed E-state index contributed by atoms with van der Waals surface area (Å²) in [5, 5.41) is 17.1. The number of carbonyl (C=O) groups is 2. The minimum atomic E-state index is -1.81. The van der Waals surface area contributed by atoms with Crippen molar-refractivity contribution in [3.05, 3.63) is 93.0 Å². The van der Waals surface area contributed by atoms with Crippen LogP contribution in [-0.4, -0.2) is 104 Å². The number of ether oxygens (including phenoxy) is 7. The van der Waals surface area contributed by atoms with Crippen molar-refractivity contribution < 1.29 is 51.5 Å². The quantitative estimate of drug-likeness (QED) is 0.0788. The van der Waals surface area contributed by atoms with Gasteiger partial charge in [-0.3, -0.25) is 4.79 Å². The molecule has 16 heteroatoms. The lowest BCUT2D eigenvalue weighted by Gasteiger charge is -2.37. The van der Waals surface area contributed by atoms with Crippen LogP contribution in [0.5, 0.6) is 5.75 Å². The Balaban J connectivity index is 1.44. The van der Waals surface area contributed by atoms with Crippen molar-refractivity contribution in [2.75, 3.05) is 85.6 Å². The number of amides is 1. The number of nitrogens with zero attached hydrogens (tertiary/aromatic N) is 1. The summed E-state index contributed by atoms with van der Waals surface area (Å²) in [5.41, 5.74) is -1.99. The SMILES string of the molecule is COCCOCCOCCOCCOCCOC(=O)c1ccc(NC(=O)[C@@H]2N[C@@H](CC(C)(C)C)[C@](C#N)(c3ccc(Cl)cc3F)[C@H]2c2cccc(Cl)c2F)c(OC)c1. The highest BCUT2D eigenvalue weighted by Crippen LogP contribution is 2.53. The maximum Gasteiger partial charge on any atom is 0.338 e. The maximum atomic E-state index is 16.0. The van der Waals surface area contributed by atoms with Crippen LogP contribution >= 0.6 is 23.2 Å². The Hall–Kier alpha value is -3.91. The van der Waals surface area contributed by atoms with Gasteiger partial charge < -0.3 is 43.8 Å². The van der Waals surface area contributed by atoms with Gasteiger partial charge in [0.1, 0.15) is 29.4 Å². The molecule has 58 heavy (non-hydrogen) atoms. The molecule has 3 aromatic carbocycles. The fourth-order valence-corrected chi connectivity index (χ4v) is 7.21. The average molecular weight is 851 g/mol. The van der Waals surface area contributed by atoms with Crippen LogP contribution in [0.3, 0.4) is 0 Å². The zero-order valence-electron chi connectivity index (χ0n) is 33.3. The topological polar surface area (TPSA) is 147 Å². The number of halogens is 4. The molecule has 3 aromatic rings. The Kier molecular flexibility index (Phi) is 18.1. The molecule has 0 radical (unpaired) electrons. The van der Waals surface area contributed by atoms with Gasteiger partial charge in [0.15, 0.2) is 0 Å². The van der Waals surface area contributed by atoms with Crippen LogP contribution in [0.25, 0.3) is 0 Å².